The number of aryl methyl sites for hydroxylation is 3. The third-order valence-electron chi connectivity index (χ3n) is 19.0. The Morgan fingerprint density at radius 1 is 0.253 bits per heavy atom. The normalized spacial score (nSPS) is 11.7. The van der Waals surface area contributed by atoms with Crippen molar-refractivity contribution in [3.63, 3.8) is 0 Å². The Morgan fingerprint density at radius 3 is 0.989 bits per heavy atom. The average Bonchev–Trinajstić information content (AvgIpc) is 0.735. The third-order valence-corrected chi connectivity index (χ3v) is 19.0. The van der Waals surface area contributed by atoms with Crippen LogP contribution in [0.2, 0.25) is 0 Å². The lowest BCUT2D eigenvalue weighted by Gasteiger charge is -2.35. The van der Waals surface area contributed by atoms with Crippen LogP contribution in [0.15, 0.2) is 309 Å². The first-order valence-electron chi connectivity index (χ1n) is 32.1. The van der Waals surface area contributed by atoms with Gasteiger partial charge in [-0.2, -0.15) is 0 Å². The van der Waals surface area contributed by atoms with Gasteiger partial charge in [0.25, 0.3) is 0 Å². The number of aromatic hydroxyl groups is 6. The molecule has 0 aromatic heterocycles. The van der Waals surface area contributed by atoms with Crippen molar-refractivity contribution in [3.8, 4) is 79.0 Å². The molecule has 14 aromatic rings. The van der Waals surface area contributed by atoms with Gasteiger partial charge < -0.3 is 30.6 Å². The zero-order valence-electron chi connectivity index (χ0n) is 54.2. The summed E-state index contributed by atoms with van der Waals surface area (Å²) < 4.78 is 0. The largest absolute Gasteiger partial charge is 0.508 e. The molecule has 0 aliphatic heterocycles. The van der Waals surface area contributed by atoms with Crippen molar-refractivity contribution in [2.75, 3.05) is 0 Å². The lowest BCUT2D eigenvalue weighted by molar-refractivity contribution is 0.457. The number of phenols is 6. The number of rotatable bonds is 12. The first-order valence-corrected chi connectivity index (χ1v) is 32.1. The van der Waals surface area contributed by atoms with E-state index in [-0.39, 0.29) is 28.9 Å². The van der Waals surface area contributed by atoms with Gasteiger partial charge in [0.2, 0.25) is 0 Å². The molecule has 468 valence electrons. The van der Waals surface area contributed by atoms with Gasteiger partial charge in [-0.3, -0.25) is 0 Å². The molecule has 14 rings (SSSR count). The van der Waals surface area contributed by atoms with Gasteiger partial charge in [-0.05, 0) is 218 Å². The third kappa shape index (κ3) is 13.0. The Labute approximate surface area is 556 Å². The van der Waals surface area contributed by atoms with E-state index < -0.39 is 10.8 Å². The fraction of sp³-hybridized carbons (Fsp3) is 0.101. The second-order valence-electron chi connectivity index (χ2n) is 25.0. The fourth-order valence-electron chi connectivity index (χ4n) is 13.4. The second-order valence-corrected chi connectivity index (χ2v) is 25.0. The molecule has 0 fully saturated rings. The highest BCUT2D eigenvalue weighted by Gasteiger charge is 2.37. The molecule has 14 aromatic carbocycles. The summed E-state index contributed by atoms with van der Waals surface area (Å²) >= 11 is 0. The molecule has 0 spiro atoms. The van der Waals surface area contributed by atoms with E-state index in [0.717, 1.165) is 116 Å². The fourth-order valence-corrected chi connectivity index (χ4v) is 13.4. The molecule has 6 heteroatoms. The Kier molecular flexibility index (Phi) is 18.3. The summed E-state index contributed by atoms with van der Waals surface area (Å²) in [7, 11) is 0. The summed E-state index contributed by atoms with van der Waals surface area (Å²) in [5, 5.41) is 67.2. The molecule has 0 amide bonds. The molecule has 0 saturated carbocycles. The number of hydrogen-bond acceptors (Lipinski definition) is 6. The molecule has 0 bridgehead atoms. The van der Waals surface area contributed by atoms with Gasteiger partial charge in [0, 0.05) is 33.4 Å². The van der Waals surface area contributed by atoms with Gasteiger partial charge >= 0.3 is 0 Å². The highest BCUT2D eigenvalue weighted by Crippen LogP contribution is 2.49. The van der Waals surface area contributed by atoms with Crippen molar-refractivity contribution >= 4 is 21.5 Å². The van der Waals surface area contributed by atoms with Crippen LogP contribution in [0, 0.1) is 20.8 Å². The minimum Gasteiger partial charge on any atom is -0.508 e. The van der Waals surface area contributed by atoms with Gasteiger partial charge in [0.1, 0.15) is 34.5 Å². The summed E-state index contributed by atoms with van der Waals surface area (Å²) in [5.74, 6) is 1.72. The summed E-state index contributed by atoms with van der Waals surface area (Å²) in [6.45, 7) is 12.2. The van der Waals surface area contributed by atoms with E-state index in [1.807, 2.05) is 136 Å². The van der Waals surface area contributed by atoms with Crippen molar-refractivity contribution in [3.05, 3.63) is 371 Å². The van der Waals surface area contributed by atoms with Gasteiger partial charge in [-0.15, -0.1) is 0 Å². The first-order chi connectivity index (χ1) is 46.0. The van der Waals surface area contributed by atoms with Crippen LogP contribution in [0.25, 0.3) is 66.1 Å². The lowest BCUT2D eigenvalue weighted by Crippen LogP contribution is -2.26. The van der Waals surface area contributed by atoms with Crippen LogP contribution in [0.1, 0.15) is 87.9 Å². The second kappa shape index (κ2) is 27.3. The van der Waals surface area contributed by atoms with Crippen LogP contribution in [0.4, 0.5) is 0 Å². The van der Waals surface area contributed by atoms with Crippen molar-refractivity contribution in [2.24, 2.45) is 0 Å². The molecule has 0 aliphatic carbocycles. The molecule has 0 heterocycles. The number of phenolic OH excluding ortho intramolecular Hbond substituents is 6. The van der Waals surface area contributed by atoms with Crippen LogP contribution in [0.5, 0.6) is 34.5 Å². The van der Waals surface area contributed by atoms with Crippen LogP contribution in [-0.4, -0.2) is 30.6 Å². The quantitative estimate of drug-likeness (QED) is 0.0678. The van der Waals surface area contributed by atoms with Crippen LogP contribution in [-0.2, 0) is 10.8 Å². The van der Waals surface area contributed by atoms with E-state index in [4.69, 9.17) is 0 Å². The zero-order valence-corrected chi connectivity index (χ0v) is 54.2. The van der Waals surface area contributed by atoms with Gasteiger partial charge in [0.15, 0.2) is 0 Å². The Bertz CT molecular complexity index is 4910. The van der Waals surface area contributed by atoms with E-state index in [0.29, 0.717) is 11.5 Å². The predicted octanol–water partition coefficient (Wildman–Crippen LogP) is 22.1. The molecule has 0 radical (unpaired) electrons. The molecule has 1 unspecified atom stereocenters. The van der Waals surface area contributed by atoms with Crippen LogP contribution < -0.4 is 0 Å². The number of hydrogen-bond donors (Lipinski definition) is 6. The van der Waals surface area contributed by atoms with E-state index in [1.54, 1.807) is 36.4 Å². The molecule has 0 aliphatic rings. The number of fused-ring (bicyclic) bond motifs is 2. The molecule has 1 atom stereocenters. The lowest BCUT2D eigenvalue weighted by atomic mass is 9.68. The van der Waals surface area contributed by atoms with Crippen molar-refractivity contribution in [1.29, 1.82) is 0 Å². The van der Waals surface area contributed by atoms with Gasteiger partial charge in [-0.25, -0.2) is 0 Å². The predicted molar refractivity (Wildman–Crippen MR) is 391 cm³/mol. The summed E-state index contributed by atoms with van der Waals surface area (Å²) in [6, 6.07) is 103. The first kappa shape index (κ1) is 63.5. The van der Waals surface area contributed by atoms with Crippen molar-refractivity contribution in [2.45, 2.75) is 58.3 Å². The Morgan fingerprint density at radius 2 is 0.568 bits per heavy atom. The topological polar surface area (TPSA) is 121 Å². The standard InChI is InChI=1S/C35H28O2.2C27H24O2/c1-23-21-26(17-19-33(23)36)27-18-20-34(37)32(22-27)35(2,30-15-7-11-24-9-3-5-13-28(24)30)31-16-8-12-25-10-4-6-14-29(25)31;1-19-17-20(13-15-25(19)28)21-14-16-26(29)24(18-21)27(2,22-9-5-3-6-10-22)23-11-7-4-8-12-23;1-18-16-23(12-14-26(18)28)24-13-15-27(29)25(17-24)19(2)20-8-10-22(11-9-20)21-6-4-3-5-7-21/h3-22,36-37H,1-2H3;3-18,28-29H,1-2H3;3-17,19,28-29H,1-2H3. The number of benzene rings is 14. The highest BCUT2D eigenvalue weighted by atomic mass is 16.3. The van der Waals surface area contributed by atoms with E-state index in [2.05, 4.69) is 178 Å². The highest BCUT2D eigenvalue weighted by molar-refractivity contribution is 5.93. The minimum absolute atomic E-state index is 0.0537. The maximum atomic E-state index is 11.4. The van der Waals surface area contributed by atoms with E-state index in [1.165, 1.54) is 11.1 Å². The maximum absolute atomic E-state index is 11.4. The minimum atomic E-state index is -0.659. The average molecular weight is 1240 g/mol. The Hall–Kier alpha value is -11.6. The summed E-state index contributed by atoms with van der Waals surface area (Å²) in [5.41, 5.74) is 17.9. The molecule has 95 heavy (non-hydrogen) atoms. The molecule has 0 saturated heterocycles. The summed E-state index contributed by atoms with van der Waals surface area (Å²) in [6.07, 6.45) is 0. The van der Waals surface area contributed by atoms with Gasteiger partial charge in [-0.1, -0.05) is 244 Å². The van der Waals surface area contributed by atoms with Gasteiger partial charge in [0.05, 0.1) is 0 Å². The SMILES string of the molecule is Cc1cc(-c2ccc(O)c(C(C)(c3cccc4ccccc34)c3cccc4ccccc34)c2)ccc1O.Cc1cc(-c2ccc(O)c(C(C)(c3ccccc3)c3ccccc3)c2)ccc1O.Cc1cc(-c2ccc(O)c(C(C)c3ccc(-c4ccccc4)cc3)c2)ccc1O. The molecule has 6 nitrogen and oxygen atoms in total. The molecule has 6 N–H and O–H groups in total. The summed E-state index contributed by atoms with van der Waals surface area (Å²) in [4.78, 5) is 0. The van der Waals surface area contributed by atoms with Crippen molar-refractivity contribution in [1.82, 2.24) is 0 Å². The van der Waals surface area contributed by atoms with E-state index >= 15 is 0 Å². The smallest absolute Gasteiger partial charge is 0.120 e. The van der Waals surface area contributed by atoms with E-state index in [9.17, 15) is 30.6 Å². The van der Waals surface area contributed by atoms with Crippen LogP contribution in [0.3, 0.4) is 0 Å². The monoisotopic (exact) mass is 1240 g/mol. The van der Waals surface area contributed by atoms with Crippen LogP contribution >= 0.6 is 0 Å². The zero-order chi connectivity index (χ0) is 66.4. The maximum Gasteiger partial charge on any atom is 0.120 e. The molecular weight excluding hydrogens is 1160 g/mol. The molecular formula is C89H76O6. The van der Waals surface area contributed by atoms with Crippen molar-refractivity contribution < 1.29 is 30.6 Å². The Balaban J connectivity index is 0.000000138.